The van der Waals surface area contributed by atoms with Crippen molar-refractivity contribution in [1.29, 1.82) is 0 Å². The highest BCUT2D eigenvalue weighted by atomic mass is 79.9. The molecular weight excluding hydrogens is 541 g/mol. The second kappa shape index (κ2) is 10.3. The van der Waals surface area contributed by atoms with Gasteiger partial charge in [-0.05, 0) is 49.4 Å². The molecule has 0 aliphatic carbocycles. The first kappa shape index (κ1) is 24.3. The Labute approximate surface area is 219 Å². The number of anilines is 2. The van der Waals surface area contributed by atoms with E-state index >= 15 is 0 Å². The molecular formula is C26H21BrFN7O2. The molecule has 5 aromatic rings. The van der Waals surface area contributed by atoms with Gasteiger partial charge in [0.15, 0.2) is 5.65 Å². The van der Waals surface area contributed by atoms with Crippen LogP contribution in [-0.2, 0) is 13.6 Å². The Bertz CT molecular complexity index is 1590. The molecule has 0 fully saturated rings. The van der Waals surface area contributed by atoms with Gasteiger partial charge in [0, 0.05) is 45.6 Å². The average molecular weight is 562 g/mol. The van der Waals surface area contributed by atoms with Gasteiger partial charge in [0.25, 0.3) is 0 Å². The third-order valence-corrected chi connectivity index (χ3v) is 6.26. The molecule has 2 N–H and O–H groups in total. The van der Waals surface area contributed by atoms with Crippen LogP contribution in [0, 0.1) is 12.7 Å². The third-order valence-electron chi connectivity index (χ3n) is 5.57. The van der Waals surface area contributed by atoms with Crippen LogP contribution in [0.1, 0.15) is 11.4 Å². The zero-order chi connectivity index (χ0) is 25.9. The van der Waals surface area contributed by atoms with E-state index in [1.54, 1.807) is 23.0 Å². The Kier molecular flexibility index (Phi) is 6.78. The topological polar surface area (TPSA) is 107 Å². The number of hydrogen-bond donors (Lipinski definition) is 2. The number of amides is 1. The van der Waals surface area contributed by atoms with Crippen LogP contribution in [0.25, 0.3) is 22.2 Å². The van der Waals surface area contributed by atoms with Gasteiger partial charge in [0.2, 0.25) is 11.8 Å². The standard InChI is InChI=1S/C26H21BrFN7O2/c1-15-11-19(34-35(15)2)14-30-26(36)37-24-21(20-5-3-4-6-22(20)27)12-16-13-29-25(33-23(16)32-24)31-18-9-7-17(28)8-10-18/h3-13H,14H2,1-2H3,(H,30,36)(H,29,31,32,33). The van der Waals surface area contributed by atoms with Gasteiger partial charge in [-0.1, -0.05) is 34.1 Å². The number of halogens is 2. The van der Waals surface area contributed by atoms with E-state index in [0.717, 1.165) is 15.7 Å². The SMILES string of the molecule is Cc1cc(CNC(=O)Oc2nc3nc(Nc4ccc(F)cc4)ncc3cc2-c2ccccc2Br)nn1C. The highest BCUT2D eigenvalue weighted by Gasteiger charge is 2.18. The fourth-order valence-corrected chi connectivity index (χ4v) is 4.13. The van der Waals surface area contributed by atoms with Crippen molar-refractivity contribution in [3.8, 4) is 17.0 Å². The molecule has 37 heavy (non-hydrogen) atoms. The predicted molar refractivity (Wildman–Crippen MR) is 141 cm³/mol. The zero-order valence-electron chi connectivity index (χ0n) is 19.9. The molecule has 0 saturated carbocycles. The minimum absolute atomic E-state index is 0.0838. The molecule has 5 rings (SSSR count). The first-order chi connectivity index (χ1) is 17.9. The van der Waals surface area contributed by atoms with Crippen molar-refractivity contribution in [2.24, 2.45) is 7.05 Å². The summed E-state index contributed by atoms with van der Waals surface area (Å²) < 4.78 is 21.4. The summed E-state index contributed by atoms with van der Waals surface area (Å²) in [6.45, 7) is 2.13. The van der Waals surface area contributed by atoms with Crippen LogP contribution >= 0.6 is 15.9 Å². The molecule has 0 atom stereocenters. The molecule has 1 amide bonds. The summed E-state index contributed by atoms with van der Waals surface area (Å²) in [4.78, 5) is 26.1. The van der Waals surface area contributed by atoms with Crippen molar-refractivity contribution < 1.29 is 13.9 Å². The molecule has 0 radical (unpaired) electrons. The fraction of sp³-hybridized carbons (Fsp3) is 0.115. The van der Waals surface area contributed by atoms with Crippen molar-refractivity contribution in [1.82, 2.24) is 30.0 Å². The van der Waals surface area contributed by atoms with Gasteiger partial charge in [0.05, 0.1) is 12.2 Å². The van der Waals surface area contributed by atoms with Gasteiger partial charge in [-0.15, -0.1) is 0 Å². The van der Waals surface area contributed by atoms with E-state index in [0.29, 0.717) is 28.0 Å². The van der Waals surface area contributed by atoms with Gasteiger partial charge >= 0.3 is 6.09 Å². The highest BCUT2D eigenvalue weighted by molar-refractivity contribution is 9.10. The molecule has 186 valence electrons. The lowest BCUT2D eigenvalue weighted by Crippen LogP contribution is -2.27. The van der Waals surface area contributed by atoms with Crippen molar-refractivity contribution in [3.05, 3.63) is 88.5 Å². The van der Waals surface area contributed by atoms with Crippen LogP contribution in [0.2, 0.25) is 0 Å². The Morgan fingerprint density at radius 1 is 1.08 bits per heavy atom. The summed E-state index contributed by atoms with van der Waals surface area (Å²) in [7, 11) is 1.83. The monoisotopic (exact) mass is 561 g/mol. The van der Waals surface area contributed by atoms with Gasteiger partial charge in [0.1, 0.15) is 5.82 Å². The normalized spacial score (nSPS) is 10.9. The molecule has 0 spiro atoms. The number of carbonyl (C=O) groups excluding carboxylic acids is 1. The smallest absolute Gasteiger partial charge is 0.391 e. The molecule has 3 aromatic heterocycles. The minimum atomic E-state index is -0.679. The Balaban J connectivity index is 1.46. The maximum Gasteiger partial charge on any atom is 0.414 e. The van der Waals surface area contributed by atoms with E-state index in [-0.39, 0.29) is 24.2 Å². The van der Waals surface area contributed by atoms with Crippen molar-refractivity contribution in [3.63, 3.8) is 0 Å². The predicted octanol–water partition coefficient (Wildman–Crippen LogP) is 5.67. The second-order valence-corrected chi connectivity index (χ2v) is 9.06. The van der Waals surface area contributed by atoms with Crippen molar-refractivity contribution >= 4 is 44.7 Å². The summed E-state index contributed by atoms with van der Waals surface area (Å²) in [6.07, 6.45) is 0.941. The quantitative estimate of drug-likeness (QED) is 0.275. The maximum atomic E-state index is 13.2. The largest absolute Gasteiger partial charge is 0.414 e. The number of pyridine rings is 1. The van der Waals surface area contributed by atoms with Crippen LogP contribution < -0.4 is 15.4 Å². The lowest BCUT2D eigenvalue weighted by Gasteiger charge is -2.13. The van der Waals surface area contributed by atoms with Crippen molar-refractivity contribution in [2.45, 2.75) is 13.5 Å². The molecule has 11 heteroatoms. The highest BCUT2D eigenvalue weighted by Crippen LogP contribution is 2.36. The number of aromatic nitrogens is 5. The molecule has 0 unspecified atom stereocenters. The molecule has 0 aliphatic heterocycles. The second-order valence-electron chi connectivity index (χ2n) is 8.20. The number of benzene rings is 2. The molecule has 0 bridgehead atoms. The van der Waals surface area contributed by atoms with Crippen LogP contribution in [0.3, 0.4) is 0 Å². The van der Waals surface area contributed by atoms with E-state index in [1.165, 1.54) is 12.1 Å². The number of carbonyl (C=O) groups is 1. The molecule has 0 saturated heterocycles. The number of nitrogens with zero attached hydrogens (tertiary/aromatic N) is 5. The van der Waals surface area contributed by atoms with Crippen LogP contribution in [-0.4, -0.2) is 30.8 Å². The Hall–Kier alpha value is -4.38. The number of ether oxygens (including phenoxy) is 1. The summed E-state index contributed by atoms with van der Waals surface area (Å²) in [5.74, 6) is 0.00574. The summed E-state index contributed by atoms with van der Waals surface area (Å²) >= 11 is 3.56. The lowest BCUT2D eigenvalue weighted by atomic mass is 10.1. The Morgan fingerprint density at radius 3 is 2.59 bits per heavy atom. The molecule has 2 aromatic carbocycles. The van der Waals surface area contributed by atoms with E-state index in [2.05, 4.69) is 46.6 Å². The van der Waals surface area contributed by atoms with Gasteiger partial charge in [-0.3, -0.25) is 4.68 Å². The molecule has 3 heterocycles. The molecule has 9 nitrogen and oxygen atoms in total. The summed E-state index contributed by atoms with van der Waals surface area (Å²) in [5.41, 5.74) is 3.99. The number of nitrogens with one attached hydrogen (secondary N) is 2. The summed E-state index contributed by atoms with van der Waals surface area (Å²) in [5, 5.41) is 10.7. The number of rotatable bonds is 6. The maximum absolute atomic E-state index is 13.2. The number of aryl methyl sites for hydroxylation is 2. The van der Waals surface area contributed by atoms with Crippen LogP contribution in [0.15, 0.2) is 71.3 Å². The minimum Gasteiger partial charge on any atom is -0.391 e. The lowest BCUT2D eigenvalue weighted by molar-refractivity contribution is 0.198. The fourth-order valence-electron chi connectivity index (χ4n) is 3.63. The van der Waals surface area contributed by atoms with Crippen LogP contribution in [0.4, 0.5) is 20.8 Å². The first-order valence-electron chi connectivity index (χ1n) is 11.3. The summed E-state index contributed by atoms with van der Waals surface area (Å²) in [6, 6.07) is 17.1. The van der Waals surface area contributed by atoms with Gasteiger partial charge in [-0.25, -0.2) is 14.2 Å². The zero-order valence-corrected chi connectivity index (χ0v) is 21.5. The van der Waals surface area contributed by atoms with E-state index in [9.17, 15) is 9.18 Å². The third kappa shape index (κ3) is 5.56. The van der Waals surface area contributed by atoms with Crippen LogP contribution in [0.5, 0.6) is 5.88 Å². The van der Waals surface area contributed by atoms with Gasteiger partial charge in [-0.2, -0.15) is 15.1 Å². The molecule has 0 aliphatic rings. The average Bonchev–Trinajstić information content (AvgIpc) is 3.21. The van der Waals surface area contributed by atoms with E-state index in [4.69, 9.17) is 4.74 Å². The number of fused-ring (bicyclic) bond motifs is 1. The van der Waals surface area contributed by atoms with Gasteiger partial charge < -0.3 is 15.4 Å². The van der Waals surface area contributed by atoms with E-state index < -0.39 is 6.09 Å². The van der Waals surface area contributed by atoms with E-state index in [1.807, 2.05) is 50.4 Å². The Morgan fingerprint density at radius 2 is 1.86 bits per heavy atom. The van der Waals surface area contributed by atoms with Crippen molar-refractivity contribution in [2.75, 3.05) is 5.32 Å². The number of hydrogen-bond acceptors (Lipinski definition) is 7. The first-order valence-corrected chi connectivity index (χ1v) is 12.1.